The topological polar surface area (TPSA) is 39.9 Å². The molecule has 2 heterocycles. The molecule has 0 bridgehead atoms. The number of ether oxygens (including phenoxy) is 1. The lowest BCUT2D eigenvalue weighted by Crippen LogP contribution is -2.11. The Morgan fingerprint density at radius 3 is 2.94 bits per heavy atom. The summed E-state index contributed by atoms with van der Waals surface area (Å²) in [6, 6.07) is 3.94. The first-order chi connectivity index (χ1) is 8.22. The molecule has 0 saturated carbocycles. The predicted molar refractivity (Wildman–Crippen MR) is 67.9 cm³/mol. The van der Waals surface area contributed by atoms with Gasteiger partial charge in [0.15, 0.2) is 5.65 Å². The molecule has 0 radical (unpaired) electrons. The van der Waals surface area contributed by atoms with Crippen LogP contribution in [0.2, 0.25) is 0 Å². The van der Waals surface area contributed by atoms with Crippen molar-refractivity contribution in [3.05, 3.63) is 24.2 Å². The number of fused-ring (bicyclic) bond motifs is 1. The fourth-order valence-electron chi connectivity index (χ4n) is 1.95. The summed E-state index contributed by atoms with van der Waals surface area (Å²) in [6.45, 7) is 6.05. The molecule has 0 spiro atoms. The Bertz CT molecular complexity index is 490. The van der Waals surface area contributed by atoms with E-state index < -0.39 is 0 Å². The molecule has 0 saturated heterocycles. The molecular weight excluding hydrogens is 214 g/mol. The van der Waals surface area contributed by atoms with Crippen molar-refractivity contribution in [2.24, 2.45) is 5.92 Å². The van der Waals surface area contributed by atoms with Gasteiger partial charge in [0.05, 0.1) is 6.61 Å². The standard InChI is InChI=1S/C13H19N3O/c1-10(2)9-16-12(6-8-17-3)15-11-5-4-7-14-13(11)16/h4-5,7,10H,6,8-9H2,1-3H3. The van der Waals surface area contributed by atoms with Crippen molar-refractivity contribution in [1.82, 2.24) is 14.5 Å². The highest BCUT2D eigenvalue weighted by Gasteiger charge is 2.11. The van der Waals surface area contributed by atoms with Gasteiger partial charge in [0, 0.05) is 26.3 Å². The van der Waals surface area contributed by atoms with Gasteiger partial charge in [-0.15, -0.1) is 0 Å². The van der Waals surface area contributed by atoms with E-state index in [0.29, 0.717) is 12.5 Å². The van der Waals surface area contributed by atoms with E-state index in [9.17, 15) is 0 Å². The van der Waals surface area contributed by atoms with Crippen LogP contribution >= 0.6 is 0 Å². The Hall–Kier alpha value is -1.42. The van der Waals surface area contributed by atoms with E-state index in [1.54, 1.807) is 7.11 Å². The van der Waals surface area contributed by atoms with Crippen molar-refractivity contribution in [2.45, 2.75) is 26.8 Å². The molecule has 4 nitrogen and oxygen atoms in total. The maximum absolute atomic E-state index is 5.13. The van der Waals surface area contributed by atoms with Crippen LogP contribution in [0.15, 0.2) is 18.3 Å². The highest BCUT2D eigenvalue weighted by molar-refractivity contribution is 5.71. The van der Waals surface area contributed by atoms with Gasteiger partial charge in [-0.1, -0.05) is 13.8 Å². The lowest BCUT2D eigenvalue weighted by atomic mass is 10.2. The minimum atomic E-state index is 0.579. The molecule has 92 valence electrons. The number of methoxy groups -OCH3 is 1. The highest BCUT2D eigenvalue weighted by Crippen LogP contribution is 2.16. The second-order valence-corrected chi connectivity index (χ2v) is 4.62. The minimum Gasteiger partial charge on any atom is -0.384 e. The van der Waals surface area contributed by atoms with Gasteiger partial charge >= 0.3 is 0 Å². The summed E-state index contributed by atoms with van der Waals surface area (Å²) in [5, 5.41) is 0. The highest BCUT2D eigenvalue weighted by atomic mass is 16.5. The quantitative estimate of drug-likeness (QED) is 0.795. The molecule has 0 fully saturated rings. The van der Waals surface area contributed by atoms with Crippen molar-refractivity contribution in [3.8, 4) is 0 Å². The van der Waals surface area contributed by atoms with E-state index in [-0.39, 0.29) is 0 Å². The van der Waals surface area contributed by atoms with Crippen LogP contribution in [-0.2, 0) is 17.7 Å². The Morgan fingerprint density at radius 1 is 1.41 bits per heavy atom. The zero-order valence-corrected chi connectivity index (χ0v) is 10.7. The van der Waals surface area contributed by atoms with Gasteiger partial charge in [-0.25, -0.2) is 9.97 Å². The smallest absolute Gasteiger partial charge is 0.159 e. The SMILES string of the molecule is COCCc1nc2cccnc2n1CC(C)C. The molecular formula is C13H19N3O. The molecule has 0 aromatic carbocycles. The van der Waals surface area contributed by atoms with Crippen molar-refractivity contribution < 1.29 is 4.74 Å². The molecule has 0 aliphatic rings. The van der Waals surface area contributed by atoms with Crippen LogP contribution in [0, 0.1) is 5.92 Å². The van der Waals surface area contributed by atoms with Gasteiger partial charge in [0.25, 0.3) is 0 Å². The Balaban J connectivity index is 2.41. The number of hydrogen-bond donors (Lipinski definition) is 0. The third-order valence-electron chi connectivity index (χ3n) is 2.66. The Morgan fingerprint density at radius 2 is 2.24 bits per heavy atom. The molecule has 0 aliphatic carbocycles. The third kappa shape index (κ3) is 2.64. The van der Waals surface area contributed by atoms with E-state index in [0.717, 1.165) is 30.0 Å². The first-order valence-electron chi connectivity index (χ1n) is 6.01. The minimum absolute atomic E-state index is 0.579. The summed E-state index contributed by atoms with van der Waals surface area (Å²) >= 11 is 0. The monoisotopic (exact) mass is 233 g/mol. The first-order valence-corrected chi connectivity index (χ1v) is 6.01. The average molecular weight is 233 g/mol. The van der Waals surface area contributed by atoms with Gasteiger partial charge in [-0.3, -0.25) is 0 Å². The fraction of sp³-hybridized carbons (Fsp3) is 0.538. The summed E-state index contributed by atoms with van der Waals surface area (Å²) in [5.74, 6) is 1.64. The zero-order valence-electron chi connectivity index (χ0n) is 10.7. The molecule has 17 heavy (non-hydrogen) atoms. The van der Waals surface area contributed by atoms with E-state index in [2.05, 4.69) is 28.4 Å². The third-order valence-corrected chi connectivity index (χ3v) is 2.66. The zero-order chi connectivity index (χ0) is 12.3. The lowest BCUT2D eigenvalue weighted by molar-refractivity contribution is 0.199. The van der Waals surface area contributed by atoms with Crippen LogP contribution in [0.5, 0.6) is 0 Å². The van der Waals surface area contributed by atoms with Crippen LogP contribution in [-0.4, -0.2) is 28.3 Å². The molecule has 0 aliphatic heterocycles. The number of imidazole rings is 1. The van der Waals surface area contributed by atoms with E-state index in [1.807, 2.05) is 18.3 Å². The van der Waals surface area contributed by atoms with Gasteiger partial charge in [-0.05, 0) is 18.1 Å². The molecule has 0 atom stereocenters. The van der Waals surface area contributed by atoms with Crippen LogP contribution in [0.1, 0.15) is 19.7 Å². The van der Waals surface area contributed by atoms with E-state index in [1.165, 1.54) is 0 Å². The van der Waals surface area contributed by atoms with Gasteiger partial charge in [0.2, 0.25) is 0 Å². The van der Waals surface area contributed by atoms with E-state index >= 15 is 0 Å². The second-order valence-electron chi connectivity index (χ2n) is 4.62. The molecule has 0 amide bonds. The molecule has 2 rings (SSSR count). The molecule has 0 N–H and O–H groups in total. The first kappa shape index (κ1) is 12.0. The van der Waals surface area contributed by atoms with Crippen LogP contribution < -0.4 is 0 Å². The summed E-state index contributed by atoms with van der Waals surface area (Å²) in [5.41, 5.74) is 1.95. The van der Waals surface area contributed by atoms with Gasteiger partial charge in [-0.2, -0.15) is 0 Å². The fourth-order valence-corrected chi connectivity index (χ4v) is 1.95. The van der Waals surface area contributed by atoms with Crippen LogP contribution in [0.4, 0.5) is 0 Å². The van der Waals surface area contributed by atoms with Gasteiger partial charge in [0.1, 0.15) is 11.3 Å². The summed E-state index contributed by atoms with van der Waals surface area (Å²) in [7, 11) is 1.72. The van der Waals surface area contributed by atoms with Crippen molar-refractivity contribution in [1.29, 1.82) is 0 Å². The van der Waals surface area contributed by atoms with Crippen molar-refractivity contribution in [3.63, 3.8) is 0 Å². The normalized spacial score (nSPS) is 11.5. The van der Waals surface area contributed by atoms with Crippen molar-refractivity contribution in [2.75, 3.05) is 13.7 Å². The van der Waals surface area contributed by atoms with Crippen molar-refractivity contribution >= 4 is 11.2 Å². The second kappa shape index (κ2) is 5.27. The summed E-state index contributed by atoms with van der Waals surface area (Å²) < 4.78 is 7.34. The lowest BCUT2D eigenvalue weighted by Gasteiger charge is -2.10. The number of nitrogens with zero attached hydrogens (tertiary/aromatic N) is 3. The van der Waals surface area contributed by atoms with Crippen LogP contribution in [0.25, 0.3) is 11.2 Å². The Labute approximate surface area is 102 Å². The van der Waals surface area contributed by atoms with E-state index in [4.69, 9.17) is 4.74 Å². The maximum atomic E-state index is 5.13. The number of aromatic nitrogens is 3. The predicted octanol–water partition coefficient (Wildman–Crippen LogP) is 2.28. The summed E-state index contributed by atoms with van der Waals surface area (Å²) in [6.07, 6.45) is 2.65. The summed E-state index contributed by atoms with van der Waals surface area (Å²) in [4.78, 5) is 9.05. The average Bonchev–Trinajstić information content (AvgIpc) is 2.64. The Kier molecular flexibility index (Phi) is 3.74. The number of rotatable bonds is 5. The van der Waals surface area contributed by atoms with Gasteiger partial charge < -0.3 is 9.30 Å². The molecule has 2 aromatic heterocycles. The number of hydrogen-bond acceptors (Lipinski definition) is 3. The van der Waals surface area contributed by atoms with Crippen LogP contribution in [0.3, 0.4) is 0 Å². The largest absolute Gasteiger partial charge is 0.384 e. The molecule has 4 heteroatoms. The maximum Gasteiger partial charge on any atom is 0.159 e. The number of pyridine rings is 1. The molecule has 0 unspecified atom stereocenters. The molecule has 2 aromatic rings.